The summed E-state index contributed by atoms with van der Waals surface area (Å²) in [4.78, 5) is 4.46. The Kier molecular flexibility index (Phi) is 7.32. The molecule has 1 heterocycles. The van der Waals surface area contributed by atoms with Crippen LogP contribution in [0.5, 0.6) is 0 Å². The molecule has 0 saturated carbocycles. The second-order valence-corrected chi connectivity index (χ2v) is 5.45. The maximum absolute atomic E-state index is 6.17. The molecule has 0 atom stereocenters. The summed E-state index contributed by atoms with van der Waals surface area (Å²) in [5.41, 5.74) is 0. The van der Waals surface area contributed by atoms with Gasteiger partial charge in [-0.25, -0.2) is 4.98 Å². The van der Waals surface area contributed by atoms with Gasteiger partial charge >= 0.3 is 0 Å². The predicted octanol–water partition coefficient (Wildman–Crippen LogP) is 5.06. The second-order valence-electron chi connectivity index (χ2n) is 4.64. The number of halogens is 2. The van der Waals surface area contributed by atoms with E-state index in [4.69, 9.17) is 23.2 Å². The van der Waals surface area contributed by atoms with E-state index in [1.807, 2.05) is 0 Å². The monoisotopic (exact) mass is 303 g/mol. The molecule has 0 aliphatic rings. The van der Waals surface area contributed by atoms with Crippen molar-refractivity contribution in [2.75, 3.05) is 23.7 Å². The number of hydrogen-bond donors (Lipinski definition) is 2. The van der Waals surface area contributed by atoms with E-state index in [0.717, 1.165) is 32.4 Å². The smallest absolute Gasteiger partial charge is 0.147 e. The first-order valence-electron chi connectivity index (χ1n) is 6.96. The number of nitrogens with zero attached hydrogens (tertiary/aromatic N) is 1. The summed E-state index contributed by atoms with van der Waals surface area (Å²) in [6.07, 6.45) is 3.32. The maximum Gasteiger partial charge on any atom is 0.147 e. The highest BCUT2D eigenvalue weighted by Crippen LogP contribution is 2.29. The zero-order chi connectivity index (χ0) is 14.3. The zero-order valence-corrected chi connectivity index (χ0v) is 13.4. The number of aromatic nitrogens is 1. The van der Waals surface area contributed by atoms with Gasteiger partial charge in [0.1, 0.15) is 11.6 Å². The van der Waals surface area contributed by atoms with Crippen LogP contribution in [0.1, 0.15) is 40.0 Å². The van der Waals surface area contributed by atoms with Crippen LogP contribution < -0.4 is 10.6 Å². The lowest BCUT2D eigenvalue weighted by Crippen LogP contribution is -2.14. The minimum atomic E-state index is 0.562. The van der Waals surface area contributed by atoms with Crippen LogP contribution in [0, 0.1) is 5.92 Å². The van der Waals surface area contributed by atoms with Gasteiger partial charge in [-0.2, -0.15) is 0 Å². The standard InChI is InChI=1S/C14H23Cl2N3/c1-4-7-17-13-11(15)8-12(16)14(19-13)18-9-10(5-2)6-3/h8,10H,4-7,9H2,1-3H3,(H2,17,18,19). The summed E-state index contributed by atoms with van der Waals surface area (Å²) in [5.74, 6) is 2.04. The molecular weight excluding hydrogens is 281 g/mol. The molecule has 1 aromatic rings. The van der Waals surface area contributed by atoms with Gasteiger partial charge in [-0.15, -0.1) is 0 Å². The van der Waals surface area contributed by atoms with Crippen LogP contribution in [0.3, 0.4) is 0 Å². The molecule has 2 N–H and O–H groups in total. The van der Waals surface area contributed by atoms with Crippen molar-refractivity contribution in [2.24, 2.45) is 5.92 Å². The van der Waals surface area contributed by atoms with E-state index in [-0.39, 0.29) is 0 Å². The van der Waals surface area contributed by atoms with Crippen LogP contribution in [0.2, 0.25) is 10.0 Å². The number of pyridine rings is 1. The largest absolute Gasteiger partial charge is 0.369 e. The molecule has 0 spiro atoms. The molecule has 19 heavy (non-hydrogen) atoms. The summed E-state index contributed by atoms with van der Waals surface area (Å²) in [6.45, 7) is 8.22. The van der Waals surface area contributed by atoms with Crippen molar-refractivity contribution in [3.8, 4) is 0 Å². The summed E-state index contributed by atoms with van der Waals surface area (Å²) in [5, 5.41) is 7.65. The summed E-state index contributed by atoms with van der Waals surface area (Å²) < 4.78 is 0. The van der Waals surface area contributed by atoms with Gasteiger partial charge in [0, 0.05) is 13.1 Å². The lowest BCUT2D eigenvalue weighted by atomic mass is 10.0. The minimum absolute atomic E-state index is 0.562. The van der Waals surface area contributed by atoms with E-state index in [9.17, 15) is 0 Å². The Morgan fingerprint density at radius 3 is 2.16 bits per heavy atom. The topological polar surface area (TPSA) is 37.0 Å². The fraction of sp³-hybridized carbons (Fsp3) is 0.643. The van der Waals surface area contributed by atoms with E-state index >= 15 is 0 Å². The quantitative estimate of drug-likeness (QED) is 0.705. The van der Waals surface area contributed by atoms with E-state index in [1.165, 1.54) is 0 Å². The number of rotatable bonds is 8. The average molecular weight is 304 g/mol. The molecule has 108 valence electrons. The lowest BCUT2D eigenvalue weighted by molar-refractivity contribution is 0.518. The highest BCUT2D eigenvalue weighted by molar-refractivity contribution is 6.37. The van der Waals surface area contributed by atoms with Gasteiger partial charge in [-0.3, -0.25) is 0 Å². The first-order chi connectivity index (χ1) is 9.12. The molecule has 1 rings (SSSR count). The summed E-state index contributed by atoms with van der Waals surface area (Å²) in [6, 6.07) is 1.74. The van der Waals surface area contributed by atoms with Gasteiger partial charge in [0.05, 0.1) is 10.0 Å². The van der Waals surface area contributed by atoms with Crippen LogP contribution in [0.4, 0.5) is 11.6 Å². The molecule has 0 amide bonds. The second kappa shape index (κ2) is 8.49. The SMILES string of the molecule is CCCNc1nc(NCC(CC)CC)c(Cl)cc1Cl. The van der Waals surface area contributed by atoms with Crippen molar-refractivity contribution in [3.63, 3.8) is 0 Å². The third-order valence-electron chi connectivity index (χ3n) is 3.18. The van der Waals surface area contributed by atoms with Crippen LogP contribution in [-0.2, 0) is 0 Å². The van der Waals surface area contributed by atoms with Gasteiger partial charge in [0.25, 0.3) is 0 Å². The Labute approximate surface area is 126 Å². The third-order valence-corrected chi connectivity index (χ3v) is 3.76. The van der Waals surface area contributed by atoms with Gasteiger partial charge in [0.2, 0.25) is 0 Å². The molecule has 0 radical (unpaired) electrons. The molecular formula is C14H23Cl2N3. The van der Waals surface area contributed by atoms with Crippen LogP contribution in [0.15, 0.2) is 6.07 Å². The highest BCUT2D eigenvalue weighted by Gasteiger charge is 2.10. The van der Waals surface area contributed by atoms with Gasteiger partial charge < -0.3 is 10.6 Å². The number of nitrogens with one attached hydrogen (secondary N) is 2. The molecule has 1 aromatic heterocycles. The van der Waals surface area contributed by atoms with Crippen LogP contribution in [-0.4, -0.2) is 18.1 Å². The van der Waals surface area contributed by atoms with E-state index in [2.05, 4.69) is 36.4 Å². The fourth-order valence-electron chi connectivity index (χ4n) is 1.78. The average Bonchev–Trinajstić information content (AvgIpc) is 2.40. The van der Waals surface area contributed by atoms with Crippen molar-refractivity contribution in [2.45, 2.75) is 40.0 Å². The molecule has 5 heteroatoms. The predicted molar refractivity (Wildman–Crippen MR) is 85.6 cm³/mol. The number of hydrogen-bond acceptors (Lipinski definition) is 3. The lowest BCUT2D eigenvalue weighted by Gasteiger charge is -2.16. The highest BCUT2D eigenvalue weighted by atomic mass is 35.5. The molecule has 3 nitrogen and oxygen atoms in total. The van der Waals surface area contributed by atoms with Crippen molar-refractivity contribution in [3.05, 3.63) is 16.1 Å². The molecule has 0 aromatic carbocycles. The van der Waals surface area contributed by atoms with Crippen LogP contribution >= 0.6 is 23.2 Å². The zero-order valence-electron chi connectivity index (χ0n) is 11.9. The first-order valence-corrected chi connectivity index (χ1v) is 7.71. The molecule has 0 fully saturated rings. The normalized spacial score (nSPS) is 10.8. The summed E-state index contributed by atoms with van der Waals surface area (Å²) in [7, 11) is 0. The Morgan fingerprint density at radius 1 is 1.05 bits per heavy atom. The third kappa shape index (κ3) is 5.07. The molecule has 0 bridgehead atoms. The van der Waals surface area contributed by atoms with E-state index in [0.29, 0.717) is 27.6 Å². The Hall–Kier alpha value is -0.670. The van der Waals surface area contributed by atoms with Crippen molar-refractivity contribution < 1.29 is 0 Å². The molecule has 0 saturated heterocycles. The maximum atomic E-state index is 6.17. The summed E-state index contributed by atoms with van der Waals surface area (Å²) >= 11 is 12.3. The Morgan fingerprint density at radius 2 is 1.63 bits per heavy atom. The fourth-order valence-corrected chi connectivity index (χ4v) is 2.27. The van der Waals surface area contributed by atoms with E-state index in [1.54, 1.807) is 6.07 Å². The molecule has 0 unspecified atom stereocenters. The van der Waals surface area contributed by atoms with Crippen molar-refractivity contribution in [1.82, 2.24) is 4.98 Å². The Balaban J connectivity index is 2.76. The van der Waals surface area contributed by atoms with Gasteiger partial charge in [-0.05, 0) is 18.4 Å². The minimum Gasteiger partial charge on any atom is -0.369 e. The van der Waals surface area contributed by atoms with Crippen molar-refractivity contribution in [1.29, 1.82) is 0 Å². The van der Waals surface area contributed by atoms with Gasteiger partial charge in [0.15, 0.2) is 0 Å². The van der Waals surface area contributed by atoms with Crippen molar-refractivity contribution >= 4 is 34.8 Å². The first kappa shape index (κ1) is 16.4. The number of anilines is 2. The van der Waals surface area contributed by atoms with E-state index < -0.39 is 0 Å². The van der Waals surface area contributed by atoms with Crippen LogP contribution in [0.25, 0.3) is 0 Å². The molecule has 0 aliphatic carbocycles. The molecule has 0 aliphatic heterocycles. The Bertz CT molecular complexity index is 393. The van der Waals surface area contributed by atoms with Gasteiger partial charge in [-0.1, -0.05) is 56.8 Å².